The number of nitriles is 1. The Morgan fingerprint density at radius 3 is 2.44 bits per heavy atom. The number of carbonyl (C=O) groups is 4. The van der Waals surface area contributed by atoms with Crippen LogP contribution in [0.1, 0.15) is 58.3 Å². The topological polar surface area (TPSA) is 141 Å². The van der Waals surface area contributed by atoms with Crippen LogP contribution in [0, 0.1) is 18.3 Å². The molecule has 12 heteroatoms. The number of nitrogens with zero attached hydrogens (tertiary/aromatic N) is 2. The first-order valence-electron chi connectivity index (χ1n) is 15.9. The third kappa shape index (κ3) is 9.62. The average Bonchev–Trinajstić information content (AvgIpc) is 3.43. The minimum atomic E-state index is -0.617. The molecule has 0 atom stereocenters. The number of nitrogens with one attached hydrogen (secondary N) is 3. The molecule has 1 aromatic heterocycles. The van der Waals surface area contributed by atoms with Crippen LogP contribution in [0.4, 0.5) is 15.5 Å². The zero-order valence-electron chi connectivity index (χ0n) is 28.2. The van der Waals surface area contributed by atoms with Gasteiger partial charge in [0.15, 0.2) is 0 Å². The van der Waals surface area contributed by atoms with Gasteiger partial charge in [0.05, 0.1) is 17.9 Å². The Labute approximate surface area is 299 Å². The molecule has 256 valence electrons. The second-order valence-corrected chi connectivity index (χ2v) is 14.7. The van der Waals surface area contributed by atoms with E-state index < -0.39 is 23.5 Å². The van der Waals surface area contributed by atoms with Crippen molar-refractivity contribution in [2.45, 2.75) is 51.2 Å². The predicted octanol–water partition coefficient (Wildman–Crippen LogP) is 7.36. The van der Waals surface area contributed by atoms with Gasteiger partial charge in [0, 0.05) is 27.6 Å². The normalized spacial score (nSPS) is 12.7. The third-order valence-corrected chi connectivity index (χ3v) is 9.58. The van der Waals surface area contributed by atoms with Crippen LogP contribution in [0.3, 0.4) is 0 Å². The van der Waals surface area contributed by atoms with E-state index in [-0.39, 0.29) is 17.4 Å². The van der Waals surface area contributed by atoms with E-state index in [9.17, 15) is 24.4 Å². The number of carbonyl (C=O) groups excluding carboxylic acids is 4. The lowest BCUT2D eigenvalue weighted by Gasteiger charge is -2.29. The van der Waals surface area contributed by atoms with E-state index in [0.717, 1.165) is 26.5 Å². The number of amides is 4. The summed E-state index contributed by atoms with van der Waals surface area (Å²) in [6.07, 6.45) is 1.70. The molecule has 3 aromatic carbocycles. The molecule has 0 unspecified atom stereocenters. The molecule has 4 aromatic rings. The van der Waals surface area contributed by atoms with Crippen molar-refractivity contribution in [2.75, 3.05) is 22.9 Å². The molecule has 0 bridgehead atoms. The van der Waals surface area contributed by atoms with Crippen molar-refractivity contribution in [3.63, 3.8) is 0 Å². The van der Waals surface area contributed by atoms with E-state index in [1.807, 2.05) is 64.1 Å². The van der Waals surface area contributed by atoms with Crippen molar-refractivity contribution in [1.82, 2.24) is 10.2 Å². The van der Waals surface area contributed by atoms with Crippen LogP contribution in [0.15, 0.2) is 89.5 Å². The number of rotatable bonds is 9. The molecule has 0 radical (unpaired) electrons. The first-order chi connectivity index (χ1) is 23.9. The first-order valence-corrected chi connectivity index (χ1v) is 17.7. The number of fused-ring (bicyclic) bond motifs is 1. The lowest BCUT2D eigenvalue weighted by Crippen LogP contribution is -2.39. The standard InChI is InChI=1S/C38H37N5O5S2/c1-24-13-15-25(16-14-24)19-31(41-34(45)26-9-6-5-7-10-26)35(46)40-27-11-8-12-28(20-27)49-23-33(44)42-36-30(21-39)29-17-18-43(22-32(29)50-36)37(47)48-38(2,3)4/h5-16,19-20H,17-18,22-23H2,1-4H3,(H,40,46)(H,41,45)(H,42,44)/b31-19+. The van der Waals surface area contributed by atoms with Gasteiger partial charge in [-0.25, -0.2) is 4.79 Å². The molecule has 0 spiro atoms. The van der Waals surface area contributed by atoms with Gasteiger partial charge in [-0.05, 0) is 81.7 Å². The molecule has 50 heavy (non-hydrogen) atoms. The highest BCUT2D eigenvalue weighted by atomic mass is 32.2. The number of thioether (sulfide) groups is 1. The minimum absolute atomic E-state index is 0.0561. The van der Waals surface area contributed by atoms with Crippen molar-refractivity contribution in [3.8, 4) is 6.07 Å². The first kappa shape index (κ1) is 35.9. The molecule has 2 heterocycles. The van der Waals surface area contributed by atoms with Gasteiger partial charge in [-0.2, -0.15) is 5.26 Å². The predicted molar refractivity (Wildman–Crippen MR) is 197 cm³/mol. The van der Waals surface area contributed by atoms with Crippen LogP contribution in [-0.4, -0.2) is 46.6 Å². The molecule has 10 nitrogen and oxygen atoms in total. The second kappa shape index (κ2) is 15.9. The van der Waals surface area contributed by atoms with E-state index >= 15 is 0 Å². The Kier molecular flexibility index (Phi) is 11.4. The average molecular weight is 708 g/mol. The van der Waals surface area contributed by atoms with Gasteiger partial charge in [0.1, 0.15) is 22.4 Å². The SMILES string of the molecule is Cc1ccc(/C=C(/NC(=O)c2ccccc2)C(=O)Nc2cccc(SCC(=O)Nc3sc4c(c3C#N)CCN(C(=O)OC(C)(C)C)C4)c2)cc1. The highest BCUT2D eigenvalue weighted by molar-refractivity contribution is 8.00. The Hall–Kier alpha value is -5.38. The molecule has 0 saturated carbocycles. The summed E-state index contributed by atoms with van der Waals surface area (Å²) in [4.78, 5) is 55.3. The summed E-state index contributed by atoms with van der Waals surface area (Å²) < 4.78 is 5.51. The third-order valence-electron chi connectivity index (χ3n) is 7.45. The summed E-state index contributed by atoms with van der Waals surface area (Å²) >= 11 is 2.57. The Bertz CT molecular complexity index is 1980. The van der Waals surface area contributed by atoms with Crippen LogP contribution >= 0.6 is 23.1 Å². The van der Waals surface area contributed by atoms with E-state index in [2.05, 4.69) is 22.0 Å². The van der Waals surface area contributed by atoms with Gasteiger partial charge < -0.3 is 25.6 Å². The highest BCUT2D eigenvalue weighted by Crippen LogP contribution is 2.37. The molecule has 5 rings (SSSR count). The van der Waals surface area contributed by atoms with Crippen molar-refractivity contribution < 1.29 is 23.9 Å². The zero-order valence-corrected chi connectivity index (χ0v) is 29.8. The maximum absolute atomic E-state index is 13.5. The molecule has 1 aliphatic heterocycles. The number of aryl methyl sites for hydroxylation is 1. The Morgan fingerprint density at radius 1 is 1.00 bits per heavy atom. The van der Waals surface area contributed by atoms with Gasteiger partial charge in [-0.1, -0.05) is 54.1 Å². The fourth-order valence-electron chi connectivity index (χ4n) is 5.04. The van der Waals surface area contributed by atoms with Gasteiger partial charge in [0.2, 0.25) is 5.91 Å². The number of anilines is 2. The monoisotopic (exact) mass is 707 g/mol. The molecule has 0 aliphatic carbocycles. The van der Waals surface area contributed by atoms with Crippen molar-refractivity contribution in [3.05, 3.63) is 117 Å². The number of hydrogen-bond donors (Lipinski definition) is 3. The molecule has 3 N–H and O–H groups in total. The van der Waals surface area contributed by atoms with Crippen molar-refractivity contribution in [2.24, 2.45) is 0 Å². The fourth-order valence-corrected chi connectivity index (χ4v) is 7.02. The molecular formula is C38H37N5O5S2. The summed E-state index contributed by atoms with van der Waals surface area (Å²) in [5.41, 5.74) is 3.43. The van der Waals surface area contributed by atoms with Crippen molar-refractivity contribution in [1.29, 1.82) is 5.26 Å². The number of thiophene rings is 1. The quantitative estimate of drug-likeness (QED) is 0.122. The molecule has 0 saturated heterocycles. The molecule has 1 aliphatic rings. The van der Waals surface area contributed by atoms with E-state index in [0.29, 0.717) is 41.3 Å². The minimum Gasteiger partial charge on any atom is -0.444 e. The van der Waals surface area contributed by atoms with Crippen LogP contribution in [0.25, 0.3) is 6.08 Å². The second-order valence-electron chi connectivity index (χ2n) is 12.6. The highest BCUT2D eigenvalue weighted by Gasteiger charge is 2.30. The van der Waals surface area contributed by atoms with Crippen LogP contribution in [-0.2, 0) is 27.3 Å². The summed E-state index contributed by atoms with van der Waals surface area (Å²) in [5, 5.41) is 18.8. The summed E-state index contributed by atoms with van der Waals surface area (Å²) in [6.45, 7) is 8.14. The van der Waals surface area contributed by atoms with E-state index in [1.165, 1.54) is 23.1 Å². The van der Waals surface area contributed by atoms with Gasteiger partial charge in [-0.3, -0.25) is 14.4 Å². The van der Waals surface area contributed by atoms with Crippen LogP contribution in [0.5, 0.6) is 0 Å². The van der Waals surface area contributed by atoms with E-state index in [1.54, 1.807) is 53.4 Å². The molecular weight excluding hydrogens is 671 g/mol. The number of ether oxygens (including phenoxy) is 1. The summed E-state index contributed by atoms with van der Waals surface area (Å²) in [6, 6.07) is 25.5. The van der Waals surface area contributed by atoms with Gasteiger partial charge >= 0.3 is 6.09 Å². The van der Waals surface area contributed by atoms with Gasteiger partial charge in [-0.15, -0.1) is 23.1 Å². The number of benzene rings is 3. The maximum Gasteiger partial charge on any atom is 0.410 e. The Balaban J connectivity index is 1.22. The fraction of sp³-hybridized carbons (Fsp3) is 0.237. The zero-order chi connectivity index (χ0) is 35.8. The van der Waals surface area contributed by atoms with Gasteiger partial charge in [0.25, 0.3) is 11.8 Å². The summed E-state index contributed by atoms with van der Waals surface area (Å²) in [5.74, 6) is -1.16. The number of hydrogen-bond acceptors (Lipinski definition) is 8. The molecule has 0 fully saturated rings. The lowest BCUT2D eigenvalue weighted by atomic mass is 10.0. The van der Waals surface area contributed by atoms with Crippen LogP contribution in [0.2, 0.25) is 0 Å². The van der Waals surface area contributed by atoms with Crippen LogP contribution < -0.4 is 16.0 Å². The summed E-state index contributed by atoms with van der Waals surface area (Å²) in [7, 11) is 0. The van der Waals surface area contributed by atoms with E-state index in [4.69, 9.17) is 4.74 Å². The largest absolute Gasteiger partial charge is 0.444 e. The Morgan fingerprint density at radius 2 is 1.74 bits per heavy atom. The molecule has 4 amide bonds. The lowest BCUT2D eigenvalue weighted by molar-refractivity contribution is -0.114. The maximum atomic E-state index is 13.5. The smallest absolute Gasteiger partial charge is 0.410 e. The van der Waals surface area contributed by atoms with Crippen molar-refractivity contribution >= 4 is 63.7 Å².